The number of hydrogen-bond acceptors (Lipinski definition) is 6. The Kier molecular flexibility index (Phi) is 6.70. The molecule has 2 saturated heterocycles. The summed E-state index contributed by atoms with van der Waals surface area (Å²) in [5.41, 5.74) is 2.82. The van der Waals surface area contributed by atoms with Crippen molar-refractivity contribution in [3.8, 4) is 11.4 Å². The Bertz CT molecular complexity index is 1150. The molecule has 3 aromatic rings. The molecular formula is C27H32FN5O2. The summed E-state index contributed by atoms with van der Waals surface area (Å²) in [6.45, 7) is 8.29. The highest BCUT2D eigenvalue weighted by Gasteiger charge is 2.32. The van der Waals surface area contributed by atoms with Crippen molar-refractivity contribution in [2.45, 2.75) is 32.6 Å². The van der Waals surface area contributed by atoms with Gasteiger partial charge in [-0.3, -0.25) is 4.79 Å². The van der Waals surface area contributed by atoms with Crippen molar-refractivity contribution >= 4 is 17.6 Å². The molecule has 3 heterocycles. The Hall–Kier alpha value is -3.42. The Labute approximate surface area is 205 Å². The highest BCUT2D eigenvalue weighted by atomic mass is 19.1. The van der Waals surface area contributed by atoms with Crippen LogP contribution >= 0.6 is 0 Å². The van der Waals surface area contributed by atoms with E-state index in [0.717, 1.165) is 18.4 Å². The number of hydrogen-bond donors (Lipinski definition) is 0. The van der Waals surface area contributed by atoms with Gasteiger partial charge in [0.25, 0.3) is 0 Å². The van der Waals surface area contributed by atoms with Gasteiger partial charge in [-0.05, 0) is 36.5 Å². The van der Waals surface area contributed by atoms with E-state index in [-0.39, 0.29) is 17.6 Å². The van der Waals surface area contributed by atoms with Gasteiger partial charge in [-0.15, -0.1) is 0 Å². The van der Waals surface area contributed by atoms with Crippen molar-refractivity contribution in [1.82, 2.24) is 15.0 Å². The number of aromatic nitrogens is 2. The molecule has 2 aliphatic heterocycles. The van der Waals surface area contributed by atoms with Gasteiger partial charge in [0, 0.05) is 50.7 Å². The van der Waals surface area contributed by atoms with Gasteiger partial charge in [0.05, 0.1) is 5.69 Å². The number of piperazine rings is 1. The van der Waals surface area contributed by atoms with Crippen LogP contribution in [-0.4, -0.2) is 60.2 Å². The molecule has 35 heavy (non-hydrogen) atoms. The predicted octanol–water partition coefficient (Wildman–Crippen LogP) is 4.56. The molecule has 8 heteroatoms. The van der Waals surface area contributed by atoms with E-state index < -0.39 is 0 Å². The summed E-state index contributed by atoms with van der Waals surface area (Å²) in [6, 6.07) is 15.6. The molecule has 0 radical (unpaired) electrons. The summed E-state index contributed by atoms with van der Waals surface area (Å²) >= 11 is 0. The number of anilines is 2. The van der Waals surface area contributed by atoms with E-state index in [9.17, 15) is 9.18 Å². The first-order valence-corrected chi connectivity index (χ1v) is 12.5. The number of halogens is 1. The van der Waals surface area contributed by atoms with Crippen LogP contribution in [0.15, 0.2) is 53.1 Å². The second-order valence-corrected chi connectivity index (χ2v) is 9.70. The highest BCUT2D eigenvalue weighted by molar-refractivity contribution is 5.79. The number of carbonyl (C=O) groups excluding carboxylic acids is 1. The number of rotatable bonds is 5. The van der Waals surface area contributed by atoms with Crippen molar-refractivity contribution in [1.29, 1.82) is 0 Å². The third-order valence-electron chi connectivity index (χ3n) is 7.15. The molecule has 184 valence electrons. The maximum atomic E-state index is 14.1. The summed E-state index contributed by atoms with van der Waals surface area (Å²) in [5, 5.41) is 4.17. The third-order valence-corrected chi connectivity index (χ3v) is 7.15. The largest absolute Gasteiger partial charge is 0.366 e. The molecule has 0 unspecified atom stereocenters. The first-order chi connectivity index (χ1) is 17.0. The molecule has 7 nitrogen and oxygen atoms in total. The molecule has 0 aliphatic carbocycles. The van der Waals surface area contributed by atoms with Gasteiger partial charge in [0.15, 0.2) is 0 Å². The van der Waals surface area contributed by atoms with Crippen LogP contribution < -0.4 is 9.80 Å². The maximum Gasteiger partial charge on any atom is 0.324 e. The Morgan fingerprint density at radius 3 is 2.29 bits per heavy atom. The fourth-order valence-corrected chi connectivity index (χ4v) is 4.93. The lowest BCUT2D eigenvalue weighted by atomic mass is 9.95. The average molecular weight is 478 g/mol. The molecular weight excluding hydrogens is 445 g/mol. The van der Waals surface area contributed by atoms with E-state index >= 15 is 0 Å². The lowest BCUT2D eigenvalue weighted by Gasteiger charge is -2.39. The van der Waals surface area contributed by atoms with Gasteiger partial charge in [-0.1, -0.05) is 55.4 Å². The molecule has 0 bridgehead atoms. The molecule has 2 fully saturated rings. The zero-order valence-electron chi connectivity index (χ0n) is 20.4. The summed E-state index contributed by atoms with van der Waals surface area (Å²) in [6.07, 6.45) is 1.51. The van der Waals surface area contributed by atoms with E-state index in [4.69, 9.17) is 4.52 Å². The SMILES string of the molecule is CC(C)c1ccc(-c2noc(N3CCC(C(=O)N4CCN(c5ccccc5F)CC4)CC3)n2)cc1. The van der Waals surface area contributed by atoms with Crippen molar-refractivity contribution < 1.29 is 13.7 Å². The van der Waals surface area contributed by atoms with Gasteiger partial charge < -0.3 is 19.2 Å². The van der Waals surface area contributed by atoms with E-state index in [2.05, 4.69) is 41.0 Å². The fourth-order valence-electron chi connectivity index (χ4n) is 4.93. The lowest BCUT2D eigenvalue weighted by Crippen LogP contribution is -2.52. The zero-order chi connectivity index (χ0) is 24.4. The number of carbonyl (C=O) groups is 1. The normalized spacial score (nSPS) is 17.3. The molecule has 0 saturated carbocycles. The first-order valence-electron chi connectivity index (χ1n) is 12.5. The fraction of sp³-hybridized carbons (Fsp3) is 0.444. The van der Waals surface area contributed by atoms with Crippen molar-refractivity contribution in [2.24, 2.45) is 5.92 Å². The summed E-state index contributed by atoms with van der Waals surface area (Å²) in [5.74, 6) is 1.05. The smallest absolute Gasteiger partial charge is 0.324 e. The van der Waals surface area contributed by atoms with E-state index in [0.29, 0.717) is 62.7 Å². The summed E-state index contributed by atoms with van der Waals surface area (Å²) in [7, 11) is 0. The minimum Gasteiger partial charge on any atom is -0.366 e. The molecule has 5 rings (SSSR count). The van der Waals surface area contributed by atoms with Crippen molar-refractivity contribution in [3.05, 3.63) is 59.9 Å². The van der Waals surface area contributed by atoms with Crippen LogP contribution in [-0.2, 0) is 4.79 Å². The van der Waals surface area contributed by atoms with Crippen LogP contribution in [0.2, 0.25) is 0 Å². The Balaban J connectivity index is 1.13. The third kappa shape index (κ3) is 5.01. The number of nitrogens with zero attached hydrogens (tertiary/aromatic N) is 5. The predicted molar refractivity (Wildman–Crippen MR) is 134 cm³/mol. The minimum atomic E-state index is -0.212. The second kappa shape index (κ2) is 10.1. The van der Waals surface area contributed by atoms with Crippen LogP contribution in [0.3, 0.4) is 0 Å². The highest BCUT2D eigenvalue weighted by Crippen LogP contribution is 2.27. The lowest BCUT2D eigenvalue weighted by molar-refractivity contribution is -0.136. The molecule has 0 atom stereocenters. The van der Waals surface area contributed by atoms with Crippen LogP contribution in [0.25, 0.3) is 11.4 Å². The van der Waals surface area contributed by atoms with E-state index in [1.54, 1.807) is 12.1 Å². The standard InChI is InChI=1S/C27H32FN5O2/c1-19(2)20-7-9-21(10-8-20)25-29-27(35-30-25)33-13-11-22(12-14-33)26(34)32-17-15-31(16-18-32)24-6-4-3-5-23(24)28/h3-10,19,22H,11-18H2,1-2H3. The quantitative estimate of drug-likeness (QED) is 0.537. The average Bonchev–Trinajstić information content (AvgIpc) is 3.39. The molecule has 2 aromatic carbocycles. The molecule has 1 aromatic heterocycles. The minimum absolute atomic E-state index is 0.00256. The van der Waals surface area contributed by atoms with Gasteiger partial charge in [-0.25, -0.2) is 4.39 Å². The molecule has 2 aliphatic rings. The number of para-hydroxylation sites is 1. The Morgan fingerprint density at radius 1 is 0.943 bits per heavy atom. The molecule has 0 spiro atoms. The number of piperidine rings is 1. The van der Waals surface area contributed by atoms with E-state index in [1.807, 2.05) is 28.0 Å². The molecule has 0 N–H and O–H groups in total. The van der Waals surface area contributed by atoms with E-state index in [1.165, 1.54) is 11.6 Å². The van der Waals surface area contributed by atoms with Crippen LogP contribution in [0.4, 0.5) is 16.1 Å². The van der Waals surface area contributed by atoms with Crippen LogP contribution in [0.1, 0.15) is 38.2 Å². The van der Waals surface area contributed by atoms with Gasteiger partial charge in [0.2, 0.25) is 11.7 Å². The summed E-state index contributed by atoms with van der Waals surface area (Å²) in [4.78, 5) is 23.8. The van der Waals surface area contributed by atoms with Gasteiger partial charge >= 0.3 is 6.01 Å². The second-order valence-electron chi connectivity index (χ2n) is 9.70. The van der Waals surface area contributed by atoms with Crippen molar-refractivity contribution in [2.75, 3.05) is 49.1 Å². The number of amides is 1. The van der Waals surface area contributed by atoms with Crippen LogP contribution in [0, 0.1) is 11.7 Å². The summed E-state index contributed by atoms with van der Waals surface area (Å²) < 4.78 is 19.6. The topological polar surface area (TPSA) is 65.7 Å². The Morgan fingerprint density at radius 2 is 1.63 bits per heavy atom. The maximum absolute atomic E-state index is 14.1. The molecule has 1 amide bonds. The monoisotopic (exact) mass is 477 g/mol. The zero-order valence-corrected chi connectivity index (χ0v) is 20.4. The van der Waals surface area contributed by atoms with Crippen molar-refractivity contribution in [3.63, 3.8) is 0 Å². The first kappa shape index (κ1) is 23.3. The van der Waals surface area contributed by atoms with Crippen LogP contribution in [0.5, 0.6) is 0 Å². The van der Waals surface area contributed by atoms with Gasteiger partial charge in [0.1, 0.15) is 5.82 Å². The number of benzene rings is 2. The van der Waals surface area contributed by atoms with Gasteiger partial charge in [-0.2, -0.15) is 4.98 Å².